The van der Waals surface area contributed by atoms with Gasteiger partial charge in [-0.15, -0.1) is 10.2 Å². The van der Waals surface area contributed by atoms with Crippen molar-refractivity contribution in [1.29, 1.82) is 0 Å². The molecule has 2 rings (SSSR count). The summed E-state index contributed by atoms with van der Waals surface area (Å²) < 4.78 is 23.2. The number of carbonyl (C=O) groups is 1. The predicted molar refractivity (Wildman–Crippen MR) is 91.0 cm³/mol. The third-order valence-corrected chi connectivity index (χ3v) is 5.38. The molecule has 124 valence electrons. The second-order valence-electron chi connectivity index (χ2n) is 4.97. The molecule has 9 heteroatoms. The molecule has 0 radical (unpaired) electrons. The number of amides is 1. The number of carbonyl (C=O) groups excluding carboxylic acids is 1. The Kier molecular flexibility index (Phi) is 5.72. The van der Waals surface area contributed by atoms with Crippen LogP contribution in [0, 0.1) is 0 Å². The van der Waals surface area contributed by atoms with Gasteiger partial charge in [0, 0.05) is 12.7 Å². The Labute approximate surface area is 143 Å². The van der Waals surface area contributed by atoms with E-state index in [0.717, 1.165) is 30.5 Å². The van der Waals surface area contributed by atoms with Crippen molar-refractivity contribution in [3.63, 3.8) is 0 Å². The molecule has 6 nitrogen and oxygen atoms in total. The number of nitrogens with one attached hydrogen (secondary N) is 1. The van der Waals surface area contributed by atoms with Crippen LogP contribution in [0.3, 0.4) is 0 Å². The van der Waals surface area contributed by atoms with E-state index in [4.69, 9.17) is 11.6 Å². The van der Waals surface area contributed by atoms with Crippen molar-refractivity contribution in [3.8, 4) is 0 Å². The zero-order valence-corrected chi connectivity index (χ0v) is 15.1. The lowest BCUT2D eigenvalue weighted by Gasteiger charge is -2.06. The van der Waals surface area contributed by atoms with Gasteiger partial charge in [0.1, 0.15) is 5.01 Å². The van der Waals surface area contributed by atoms with E-state index < -0.39 is 15.7 Å². The highest BCUT2D eigenvalue weighted by Gasteiger charge is 2.17. The fourth-order valence-electron chi connectivity index (χ4n) is 1.81. The first-order valence-corrected chi connectivity index (χ1v) is 10.0. The zero-order valence-electron chi connectivity index (χ0n) is 12.7. The van der Waals surface area contributed by atoms with Gasteiger partial charge in [-0.05, 0) is 24.6 Å². The molecule has 23 heavy (non-hydrogen) atoms. The lowest BCUT2D eigenvalue weighted by molar-refractivity contribution is 0.102. The summed E-state index contributed by atoms with van der Waals surface area (Å²) in [5.41, 5.74) is 0.0832. The van der Waals surface area contributed by atoms with Gasteiger partial charge in [-0.25, -0.2) is 8.42 Å². The third kappa shape index (κ3) is 4.73. The molecule has 1 aromatic carbocycles. The topological polar surface area (TPSA) is 89.0 Å². The number of nitrogens with zero attached hydrogens (tertiary/aromatic N) is 2. The average molecular weight is 374 g/mol. The third-order valence-electron chi connectivity index (χ3n) is 3.04. The van der Waals surface area contributed by atoms with Gasteiger partial charge in [0.15, 0.2) is 9.84 Å². The van der Waals surface area contributed by atoms with Gasteiger partial charge in [-0.1, -0.05) is 36.3 Å². The van der Waals surface area contributed by atoms with Crippen LogP contribution in [-0.2, 0) is 16.3 Å². The highest BCUT2D eigenvalue weighted by atomic mass is 35.5. The van der Waals surface area contributed by atoms with Gasteiger partial charge in [0.25, 0.3) is 5.91 Å². The van der Waals surface area contributed by atoms with Crippen LogP contribution in [0.5, 0.6) is 0 Å². The van der Waals surface area contributed by atoms with E-state index in [2.05, 4.69) is 22.4 Å². The average Bonchev–Trinajstić information content (AvgIpc) is 2.91. The summed E-state index contributed by atoms with van der Waals surface area (Å²) in [7, 11) is -3.42. The molecule has 0 unspecified atom stereocenters. The van der Waals surface area contributed by atoms with Gasteiger partial charge in [0.05, 0.1) is 15.5 Å². The van der Waals surface area contributed by atoms with E-state index >= 15 is 0 Å². The van der Waals surface area contributed by atoms with Crippen molar-refractivity contribution in [1.82, 2.24) is 10.2 Å². The van der Waals surface area contributed by atoms with Crippen LogP contribution in [0.1, 0.15) is 35.1 Å². The Hall–Kier alpha value is -1.51. The monoisotopic (exact) mass is 373 g/mol. The molecule has 1 N–H and O–H groups in total. The fraction of sp³-hybridized carbons (Fsp3) is 0.357. The van der Waals surface area contributed by atoms with E-state index in [1.807, 2.05) is 0 Å². The summed E-state index contributed by atoms with van der Waals surface area (Å²) in [6, 6.07) is 4.01. The summed E-state index contributed by atoms with van der Waals surface area (Å²) in [5, 5.41) is 11.9. The Balaban J connectivity index is 2.19. The maximum absolute atomic E-state index is 12.3. The number of halogens is 1. The lowest BCUT2D eigenvalue weighted by atomic mass is 10.2. The largest absolute Gasteiger partial charge is 0.296 e. The normalized spacial score (nSPS) is 11.4. The van der Waals surface area contributed by atoms with Crippen molar-refractivity contribution in [2.24, 2.45) is 0 Å². The summed E-state index contributed by atoms with van der Waals surface area (Å²) in [5.74, 6) is -0.515. The number of aryl methyl sites for hydroxylation is 1. The molecule has 0 spiro atoms. The highest BCUT2D eigenvalue weighted by Crippen LogP contribution is 2.23. The number of rotatable bonds is 6. The highest BCUT2D eigenvalue weighted by molar-refractivity contribution is 7.90. The number of benzene rings is 1. The maximum atomic E-state index is 12.3. The SMILES string of the molecule is CCCCc1nnc(NC(=O)c2cc(S(C)(=O)=O)ccc2Cl)s1. The molecule has 1 aromatic heterocycles. The molecule has 2 aromatic rings. The molecule has 0 fully saturated rings. The van der Waals surface area contributed by atoms with Crippen LogP contribution >= 0.6 is 22.9 Å². The molecule has 1 amide bonds. The summed E-state index contributed by atoms with van der Waals surface area (Å²) in [6.45, 7) is 2.08. The minimum Gasteiger partial charge on any atom is -0.296 e. The number of sulfone groups is 1. The summed E-state index contributed by atoms with van der Waals surface area (Å²) >= 11 is 7.29. The molecule has 0 saturated heterocycles. The van der Waals surface area contributed by atoms with Crippen molar-refractivity contribution in [2.75, 3.05) is 11.6 Å². The minimum atomic E-state index is -3.42. The molecule has 0 aliphatic carbocycles. The predicted octanol–water partition coefficient (Wildman–Crippen LogP) is 3.19. The number of hydrogen-bond acceptors (Lipinski definition) is 6. The van der Waals surface area contributed by atoms with E-state index in [1.165, 1.54) is 29.5 Å². The van der Waals surface area contributed by atoms with Crippen LogP contribution in [-0.4, -0.2) is 30.8 Å². The molecular weight excluding hydrogens is 358 g/mol. The maximum Gasteiger partial charge on any atom is 0.259 e. The van der Waals surface area contributed by atoms with Crippen LogP contribution < -0.4 is 5.32 Å². The number of anilines is 1. The first kappa shape index (κ1) is 17.8. The Morgan fingerprint density at radius 3 is 2.74 bits per heavy atom. The van der Waals surface area contributed by atoms with Gasteiger partial charge in [-0.3, -0.25) is 10.1 Å². The van der Waals surface area contributed by atoms with Crippen molar-refractivity contribution in [3.05, 3.63) is 33.8 Å². The van der Waals surface area contributed by atoms with E-state index in [-0.39, 0.29) is 15.5 Å². The van der Waals surface area contributed by atoms with E-state index in [1.54, 1.807) is 0 Å². The van der Waals surface area contributed by atoms with Gasteiger partial charge < -0.3 is 0 Å². The summed E-state index contributed by atoms with van der Waals surface area (Å²) in [4.78, 5) is 12.3. The Morgan fingerprint density at radius 2 is 2.09 bits per heavy atom. The van der Waals surface area contributed by atoms with Crippen molar-refractivity contribution >= 4 is 43.8 Å². The van der Waals surface area contributed by atoms with Crippen LogP contribution in [0.2, 0.25) is 5.02 Å². The van der Waals surface area contributed by atoms with E-state index in [9.17, 15) is 13.2 Å². The zero-order chi connectivity index (χ0) is 17.0. The van der Waals surface area contributed by atoms with Crippen molar-refractivity contribution in [2.45, 2.75) is 31.1 Å². The number of hydrogen-bond donors (Lipinski definition) is 1. The van der Waals surface area contributed by atoms with Crippen molar-refractivity contribution < 1.29 is 13.2 Å². The molecule has 0 saturated carbocycles. The van der Waals surface area contributed by atoms with Gasteiger partial charge >= 0.3 is 0 Å². The minimum absolute atomic E-state index is 0.0351. The molecular formula is C14H16ClN3O3S2. The quantitative estimate of drug-likeness (QED) is 0.839. The van der Waals surface area contributed by atoms with Gasteiger partial charge in [0.2, 0.25) is 5.13 Å². The Morgan fingerprint density at radius 1 is 1.35 bits per heavy atom. The Bertz CT molecular complexity index is 818. The first-order valence-electron chi connectivity index (χ1n) is 6.94. The standard InChI is InChI=1S/C14H16ClN3O3S2/c1-3-4-5-12-17-18-14(22-12)16-13(19)10-8-9(23(2,20)21)6-7-11(10)15/h6-8H,3-5H2,1-2H3,(H,16,18,19). The summed E-state index contributed by atoms with van der Waals surface area (Å²) in [6.07, 6.45) is 3.94. The van der Waals surface area contributed by atoms with Gasteiger partial charge in [-0.2, -0.15) is 0 Å². The first-order chi connectivity index (χ1) is 10.8. The smallest absolute Gasteiger partial charge is 0.259 e. The van der Waals surface area contributed by atoms with Crippen LogP contribution in [0.25, 0.3) is 0 Å². The molecule has 1 heterocycles. The fourth-order valence-corrected chi connectivity index (χ4v) is 3.43. The lowest BCUT2D eigenvalue weighted by Crippen LogP contribution is -2.13. The molecule has 0 bridgehead atoms. The second kappa shape index (κ2) is 7.37. The molecule has 0 aliphatic heterocycles. The number of unbranched alkanes of at least 4 members (excludes halogenated alkanes) is 1. The second-order valence-corrected chi connectivity index (χ2v) is 8.46. The molecule has 0 aliphatic rings. The van der Waals surface area contributed by atoms with E-state index in [0.29, 0.717) is 5.13 Å². The van der Waals surface area contributed by atoms with Crippen LogP contribution in [0.4, 0.5) is 5.13 Å². The molecule has 0 atom stereocenters. The number of aromatic nitrogens is 2. The van der Waals surface area contributed by atoms with Crippen LogP contribution in [0.15, 0.2) is 23.1 Å².